The van der Waals surface area contributed by atoms with Crippen molar-refractivity contribution in [1.29, 1.82) is 0 Å². The highest BCUT2D eigenvalue weighted by Crippen LogP contribution is 2.31. The van der Waals surface area contributed by atoms with Gasteiger partial charge < -0.3 is 25.8 Å². The van der Waals surface area contributed by atoms with Crippen molar-refractivity contribution in [3.8, 4) is 22.8 Å². The molecule has 194 valence electrons. The smallest absolute Gasteiger partial charge is 0.257 e. The topological polar surface area (TPSA) is 138 Å². The number of nitrogens with zero attached hydrogens (tertiary/aromatic N) is 3. The van der Waals surface area contributed by atoms with Crippen LogP contribution in [0.15, 0.2) is 73.2 Å². The molecule has 0 bridgehead atoms. The molecule has 38 heavy (non-hydrogen) atoms. The number of carbonyl (C=O) groups is 2. The van der Waals surface area contributed by atoms with Crippen LogP contribution in [0, 0.1) is 0 Å². The number of pyridine rings is 1. The van der Waals surface area contributed by atoms with E-state index in [9.17, 15) is 14.7 Å². The van der Waals surface area contributed by atoms with Gasteiger partial charge in [-0.15, -0.1) is 11.6 Å². The average molecular weight is 533 g/mol. The zero-order valence-corrected chi connectivity index (χ0v) is 21.4. The largest absolute Gasteiger partial charge is 0.504 e. The van der Waals surface area contributed by atoms with Crippen molar-refractivity contribution < 1.29 is 19.4 Å². The van der Waals surface area contributed by atoms with E-state index in [1.54, 1.807) is 42.7 Å². The third kappa shape index (κ3) is 6.54. The highest BCUT2D eigenvalue weighted by molar-refractivity contribution is 6.29. The molecule has 0 aliphatic heterocycles. The van der Waals surface area contributed by atoms with E-state index in [1.807, 2.05) is 25.1 Å². The van der Waals surface area contributed by atoms with Crippen molar-refractivity contribution in [1.82, 2.24) is 15.0 Å². The molecule has 0 saturated carbocycles. The summed E-state index contributed by atoms with van der Waals surface area (Å²) < 4.78 is 5.18. The van der Waals surface area contributed by atoms with E-state index in [4.69, 9.17) is 16.3 Å². The molecule has 0 aliphatic rings. The number of halogens is 1. The number of carbonyl (C=O) groups excluding carboxylic acids is 2. The molecule has 0 radical (unpaired) electrons. The summed E-state index contributed by atoms with van der Waals surface area (Å²) in [6.45, 7) is 1.97. The van der Waals surface area contributed by atoms with Crippen molar-refractivity contribution in [3.05, 3.63) is 84.3 Å². The summed E-state index contributed by atoms with van der Waals surface area (Å²) in [4.78, 5) is 37.1. The Hall–Kier alpha value is -4.70. The minimum atomic E-state index is -0.380. The number of phenols is 1. The number of aromatic nitrogens is 3. The monoisotopic (exact) mass is 532 g/mol. The third-order valence-corrected chi connectivity index (χ3v) is 5.78. The minimum absolute atomic E-state index is 0.0446. The number of phenolic OH excluding ortho intramolecular Hbond substituents is 1. The third-order valence-electron chi connectivity index (χ3n) is 5.53. The second-order valence-electron chi connectivity index (χ2n) is 8.24. The van der Waals surface area contributed by atoms with Crippen LogP contribution in [0.1, 0.15) is 28.9 Å². The zero-order valence-electron chi connectivity index (χ0n) is 20.6. The number of rotatable bonds is 9. The summed E-state index contributed by atoms with van der Waals surface area (Å²) in [5.74, 6) is 0.360. The first-order valence-corrected chi connectivity index (χ1v) is 12.1. The number of benzene rings is 2. The van der Waals surface area contributed by atoms with E-state index in [0.717, 1.165) is 11.1 Å². The Balaban J connectivity index is 1.43. The van der Waals surface area contributed by atoms with Gasteiger partial charge in [0.05, 0.1) is 36.8 Å². The van der Waals surface area contributed by atoms with E-state index in [1.165, 1.54) is 19.4 Å². The summed E-state index contributed by atoms with van der Waals surface area (Å²) in [7, 11) is 1.48. The van der Waals surface area contributed by atoms with Crippen molar-refractivity contribution in [3.63, 3.8) is 0 Å². The summed E-state index contributed by atoms with van der Waals surface area (Å²) in [6, 6.07) is 15.3. The maximum atomic E-state index is 12.7. The average Bonchev–Trinajstić information content (AvgIpc) is 2.94. The van der Waals surface area contributed by atoms with Crippen LogP contribution >= 0.6 is 11.6 Å². The van der Waals surface area contributed by atoms with Crippen LogP contribution in [-0.2, 0) is 4.79 Å². The maximum Gasteiger partial charge on any atom is 0.257 e. The normalized spacial score (nSPS) is 11.3. The Morgan fingerprint density at radius 3 is 2.61 bits per heavy atom. The Labute approximate surface area is 224 Å². The molecule has 1 atom stereocenters. The highest BCUT2D eigenvalue weighted by atomic mass is 35.5. The van der Waals surface area contributed by atoms with Gasteiger partial charge in [0.25, 0.3) is 5.91 Å². The quantitative estimate of drug-likeness (QED) is 0.224. The van der Waals surface area contributed by atoms with Gasteiger partial charge in [0, 0.05) is 17.4 Å². The molecule has 4 N–H and O–H groups in total. The minimum Gasteiger partial charge on any atom is -0.504 e. The molecule has 0 unspecified atom stereocenters. The Bertz CT molecular complexity index is 1450. The molecule has 2 heterocycles. The second kappa shape index (κ2) is 12.0. The molecule has 10 nitrogen and oxygen atoms in total. The fraction of sp³-hybridized carbons (Fsp3) is 0.148. The Kier molecular flexibility index (Phi) is 8.34. The number of ether oxygens (including phenoxy) is 1. The lowest BCUT2D eigenvalue weighted by Crippen LogP contribution is -2.15. The van der Waals surface area contributed by atoms with Crippen LogP contribution in [0.4, 0.5) is 17.3 Å². The molecule has 0 saturated heterocycles. The standard InChI is InChI=1S/C27H25ClN6O4/c1-16(31-25-15-29-14-21(33-25)18-6-8-22(35)23(11-18)38-2)17-4-3-5-20(10-17)32-27(37)19-7-9-24(30-13-19)34-26(36)12-28/h3-11,13-16,35H,12H2,1-2H3,(H,31,33)(H,32,37)(H,30,34,36)/t16-/m0/s1. The van der Waals surface area contributed by atoms with Crippen molar-refractivity contribution in [2.75, 3.05) is 28.9 Å². The van der Waals surface area contributed by atoms with Crippen molar-refractivity contribution in [2.24, 2.45) is 0 Å². The van der Waals surface area contributed by atoms with E-state index >= 15 is 0 Å². The summed E-state index contributed by atoms with van der Waals surface area (Å²) in [6.07, 6.45) is 4.63. The molecule has 0 aliphatic carbocycles. The first-order chi connectivity index (χ1) is 18.4. The predicted octanol–water partition coefficient (Wildman–Crippen LogP) is 4.86. The summed E-state index contributed by atoms with van der Waals surface area (Å²) >= 11 is 5.47. The van der Waals surface area contributed by atoms with Gasteiger partial charge in [-0.3, -0.25) is 14.6 Å². The van der Waals surface area contributed by atoms with E-state index in [-0.39, 0.29) is 29.5 Å². The predicted molar refractivity (Wildman–Crippen MR) is 146 cm³/mol. The first-order valence-electron chi connectivity index (χ1n) is 11.6. The SMILES string of the molecule is COc1cc(-c2cncc(N[C@@H](C)c3cccc(NC(=O)c4ccc(NC(=O)CCl)nc4)c3)n2)ccc1O. The number of alkyl halides is 1. The van der Waals surface area contributed by atoms with Crippen molar-refractivity contribution in [2.45, 2.75) is 13.0 Å². The van der Waals surface area contributed by atoms with Crippen LogP contribution < -0.4 is 20.7 Å². The fourth-order valence-electron chi connectivity index (χ4n) is 3.58. The summed E-state index contributed by atoms with van der Waals surface area (Å²) in [5.41, 5.74) is 3.22. The molecule has 4 aromatic rings. The number of methoxy groups -OCH3 is 1. The van der Waals surface area contributed by atoms with Crippen LogP contribution in [-0.4, -0.2) is 44.9 Å². The van der Waals surface area contributed by atoms with Gasteiger partial charge in [-0.1, -0.05) is 12.1 Å². The molecule has 2 aromatic heterocycles. The molecule has 2 aromatic carbocycles. The number of anilines is 3. The highest BCUT2D eigenvalue weighted by Gasteiger charge is 2.12. The lowest BCUT2D eigenvalue weighted by Gasteiger charge is -2.17. The van der Waals surface area contributed by atoms with E-state index in [0.29, 0.717) is 34.3 Å². The van der Waals surface area contributed by atoms with Crippen LogP contribution in [0.5, 0.6) is 11.5 Å². The Morgan fingerprint density at radius 1 is 1.03 bits per heavy atom. The fourth-order valence-corrected chi connectivity index (χ4v) is 3.65. The number of nitrogens with one attached hydrogen (secondary N) is 3. The van der Waals surface area contributed by atoms with Crippen molar-refractivity contribution >= 4 is 40.7 Å². The second-order valence-corrected chi connectivity index (χ2v) is 8.50. The Morgan fingerprint density at radius 2 is 1.87 bits per heavy atom. The lowest BCUT2D eigenvalue weighted by atomic mass is 10.1. The van der Waals surface area contributed by atoms with Crippen LogP contribution in [0.25, 0.3) is 11.3 Å². The van der Waals surface area contributed by atoms with Crippen LogP contribution in [0.3, 0.4) is 0 Å². The van der Waals surface area contributed by atoms with E-state index < -0.39 is 0 Å². The van der Waals surface area contributed by atoms with Gasteiger partial charge in [0.15, 0.2) is 11.5 Å². The zero-order chi connectivity index (χ0) is 27.1. The molecule has 0 spiro atoms. The number of hydrogen-bond acceptors (Lipinski definition) is 8. The van der Waals surface area contributed by atoms with Gasteiger partial charge in [0.2, 0.25) is 5.91 Å². The number of hydrogen-bond donors (Lipinski definition) is 4. The lowest BCUT2D eigenvalue weighted by molar-refractivity contribution is -0.113. The van der Waals surface area contributed by atoms with Crippen LogP contribution in [0.2, 0.25) is 0 Å². The molecular formula is C27H25ClN6O4. The molecule has 11 heteroatoms. The van der Waals surface area contributed by atoms with Gasteiger partial charge in [-0.05, 0) is 55.0 Å². The van der Waals surface area contributed by atoms with Gasteiger partial charge >= 0.3 is 0 Å². The number of aromatic hydroxyl groups is 1. The summed E-state index contributed by atoms with van der Waals surface area (Å²) in [5, 5.41) is 18.6. The van der Waals surface area contributed by atoms with Gasteiger partial charge in [0.1, 0.15) is 17.5 Å². The number of amides is 2. The molecule has 2 amide bonds. The molecule has 4 rings (SSSR count). The molecular weight excluding hydrogens is 508 g/mol. The van der Waals surface area contributed by atoms with E-state index in [2.05, 4.69) is 30.9 Å². The molecule has 0 fully saturated rings. The first kappa shape index (κ1) is 26.4. The maximum absolute atomic E-state index is 12.7. The van der Waals surface area contributed by atoms with Gasteiger partial charge in [-0.25, -0.2) is 9.97 Å². The van der Waals surface area contributed by atoms with Gasteiger partial charge in [-0.2, -0.15) is 0 Å².